The van der Waals surface area contributed by atoms with E-state index in [1.54, 1.807) is 27.6 Å². The maximum Gasteiger partial charge on any atom is 0.264 e. The summed E-state index contributed by atoms with van der Waals surface area (Å²) in [4.78, 5) is 32.8. The maximum absolute atomic E-state index is 16.8. The maximum atomic E-state index is 16.8. The summed E-state index contributed by atoms with van der Waals surface area (Å²) in [6, 6.07) is 27.2. The van der Waals surface area contributed by atoms with Crippen molar-refractivity contribution in [3.05, 3.63) is 137 Å². The molecule has 58 heavy (non-hydrogen) atoms. The van der Waals surface area contributed by atoms with E-state index >= 15 is 8.90 Å². The number of aliphatic hydroxyl groups excluding tert-OH is 1. The average Bonchev–Trinajstić information content (AvgIpc) is 3.92. The molecule has 5 aromatic rings. The second-order valence-electron chi connectivity index (χ2n) is 16.9. The Labute approximate surface area is 341 Å². The van der Waals surface area contributed by atoms with Gasteiger partial charge in [-0.15, -0.1) is 5.10 Å². The number of halogens is 1. The fourth-order valence-electron chi connectivity index (χ4n) is 9.63. The van der Waals surface area contributed by atoms with Crippen LogP contribution >= 0.6 is 0 Å². The number of allylic oxidation sites excluding steroid dienone is 3. The van der Waals surface area contributed by atoms with Gasteiger partial charge in [0, 0.05) is 47.4 Å². The number of carbonyl (C=O) groups is 2. The standard InChI is InChI=1S/C47H52FN5O4Si/c1-30(2)13-10-14-31(3)23-26-52-40-22-21-35(53-41-20-12-18-34-17-11-19-36(43(34)41)45(53)55)27-38(40)47(46(52)56)32(4)44(58(5,6)48)42(57-47)24-25-51-28-39(49-50-51)37(29-54)33-15-8-7-9-16-33/h7-9,11-13,15-23,27-28,32,37,42,44,54H,10,14,24-26,29H2,1-6H3/b31-23+/t32-,37?,42+,44-,47+/m0/s1. The van der Waals surface area contributed by atoms with Gasteiger partial charge in [0.1, 0.15) is 0 Å². The highest BCUT2D eigenvalue weighted by Crippen LogP contribution is 2.61. The number of ether oxygens (including phenoxy) is 1. The van der Waals surface area contributed by atoms with Crippen LogP contribution in [0.2, 0.25) is 18.6 Å². The van der Waals surface area contributed by atoms with Gasteiger partial charge in [0.05, 0.1) is 41.3 Å². The molecule has 5 atom stereocenters. The smallest absolute Gasteiger partial charge is 0.264 e. The molecule has 0 aliphatic carbocycles. The van der Waals surface area contributed by atoms with Gasteiger partial charge in [0.2, 0.25) is 8.41 Å². The molecule has 1 spiro atoms. The Bertz CT molecular complexity index is 2430. The molecule has 0 bridgehead atoms. The van der Waals surface area contributed by atoms with Crippen LogP contribution in [-0.2, 0) is 21.7 Å². The van der Waals surface area contributed by atoms with Gasteiger partial charge in [0.25, 0.3) is 11.8 Å². The Kier molecular flexibility index (Phi) is 10.6. The quantitative estimate of drug-likeness (QED) is 0.0724. The largest absolute Gasteiger partial charge is 0.395 e. The molecule has 4 aromatic carbocycles. The summed E-state index contributed by atoms with van der Waals surface area (Å²) in [7, 11) is -3.46. The van der Waals surface area contributed by atoms with Crippen LogP contribution in [0.1, 0.15) is 80.1 Å². The van der Waals surface area contributed by atoms with E-state index in [1.807, 2.05) is 98.0 Å². The number of amides is 2. The molecule has 4 heterocycles. The lowest BCUT2D eigenvalue weighted by molar-refractivity contribution is -0.145. The van der Waals surface area contributed by atoms with Gasteiger partial charge in [0.15, 0.2) is 5.60 Å². The fraction of sp³-hybridized carbons (Fsp3) is 0.362. The minimum absolute atomic E-state index is 0.118. The summed E-state index contributed by atoms with van der Waals surface area (Å²) in [5.74, 6) is -1.17. The number of carbonyl (C=O) groups excluding carboxylic acids is 2. The van der Waals surface area contributed by atoms with Crippen molar-refractivity contribution >= 4 is 48.1 Å². The summed E-state index contributed by atoms with van der Waals surface area (Å²) in [6.07, 6.45) is 7.76. The first kappa shape index (κ1) is 39.6. The number of aryl methyl sites for hydroxylation is 1. The minimum atomic E-state index is -3.46. The second-order valence-corrected chi connectivity index (χ2v) is 20.7. The third kappa shape index (κ3) is 6.82. The first-order valence-corrected chi connectivity index (χ1v) is 23.3. The molecule has 1 fully saturated rings. The van der Waals surface area contributed by atoms with Crippen molar-refractivity contribution in [3.8, 4) is 0 Å². The molecule has 3 aliphatic heterocycles. The summed E-state index contributed by atoms with van der Waals surface area (Å²) in [6.45, 7) is 12.3. The normalized spacial score (nSPS) is 22.1. The fourth-order valence-corrected chi connectivity index (χ4v) is 12.2. The van der Waals surface area contributed by atoms with E-state index < -0.39 is 31.6 Å². The zero-order valence-corrected chi connectivity index (χ0v) is 35.2. The SMILES string of the molecule is CC(C)=CCC/C(C)=C/CN1C(=O)[C@]2(O[C@H](CCn3cc(C(CO)c4ccccc4)nn3)[C@@H]([Si](C)(C)F)[C@@H]2C)c2cc(N3C(=O)c4cccc5cccc3c45)ccc21. The summed E-state index contributed by atoms with van der Waals surface area (Å²) in [5, 5.41) is 20.9. The van der Waals surface area contributed by atoms with Crippen LogP contribution in [0.4, 0.5) is 21.2 Å². The Morgan fingerprint density at radius 2 is 1.74 bits per heavy atom. The number of aromatic nitrogens is 3. The molecule has 1 unspecified atom stereocenters. The Hall–Kier alpha value is -5.23. The molecule has 3 aliphatic rings. The number of fused-ring (bicyclic) bond motifs is 2. The molecule has 9 nitrogen and oxygen atoms in total. The summed E-state index contributed by atoms with van der Waals surface area (Å²) >= 11 is 0. The van der Waals surface area contributed by atoms with Gasteiger partial charge in [-0.05, 0) is 94.4 Å². The monoisotopic (exact) mass is 797 g/mol. The van der Waals surface area contributed by atoms with Gasteiger partial charge in [-0.3, -0.25) is 19.2 Å². The predicted molar refractivity (Wildman–Crippen MR) is 230 cm³/mol. The highest BCUT2D eigenvalue weighted by molar-refractivity contribution is 6.72. The van der Waals surface area contributed by atoms with E-state index in [0.717, 1.165) is 34.9 Å². The van der Waals surface area contributed by atoms with E-state index in [4.69, 9.17) is 4.74 Å². The molecule has 300 valence electrons. The van der Waals surface area contributed by atoms with E-state index in [1.165, 1.54) is 11.1 Å². The molecule has 0 saturated carbocycles. The molecule has 11 heteroatoms. The van der Waals surface area contributed by atoms with E-state index in [0.29, 0.717) is 47.7 Å². The van der Waals surface area contributed by atoms with Crippen molar-refractivity contribution in [1.82, 2.24) is 15.0 Å². The topological polar surface area (TPSA) is 101 Å². The van der Waals surface area contributed by atoms with Gasteiger partial charge < -0.3 is 18.9 Å². The van der Waals surface area contributed by atoms with Crippen molar-refractivity contribution < 1.29 is 23.5 Å². The lowest BCUT2D eigenvalue weighted by atomic mass is 9.82. The van der Waals surface area contributed by atoms with Gasteiger partial charge in [-0.1, -0.05) is 90.0 Å². The molecule has 1 saturated heterocycles. The predicted octanol–water partition coefficient (Wildman–Crippen LogP) is 9.75. The number of hydrogen-bond donors (Lipinski definition) is 1. The first-order valence-electron chi connectivity index (χ1n) is 20.4. The second kappa shape index (κ2) is 15.5. The number of nitrogens with zero attached hydrogens (tertiary/aromatic N) is 5. The van der Waals surface area contributed by atoms with Crippen LogP contribution in [0.5, 0.6) is 0 Å². The van der Waals surface area contributed by atoms with Crippen molar-refractivity contribution in [2.45, 2.75) is 89.8 Å². The first-order chi connectivity index (χ1) is 27.8. The van der Waals surface area contributed by atoms with Gasteiger partial charge >= 0.3 is 0 Å². The van der Waals surface area contributed by atoms with E-state index in [-0.39, 0.29) is 24.3 Å². The molecule has 0 radical (unpaired) electrons. The van der Waals surface area contributed by atoms with E-state index in [2.05, 4.69) is 43.2 Å². The molecule has 1 aromatic heterocycles. The van der Waals surface area contributed by atoms with Gasteiger partial charge in [-0.2, -0.15) is 0 Å². The molecule has 2 amide bonds. The molecular formula is C47H52FN5O4Si. The lowest BCUT2D eigenvalue weighted by Gasteiger charge is -2.31. The molecule has 8 rings (SSSR count). The van der Waals surface area contributed by atoms with E-state index in [9.17, 15) is 9.90 Å². The zero-order chi connectivity index (χ0) is 40.9. The lowest BCUT2D eigenvalue weighted by Crippen LogP contribution is -2.45. The van der Waals surface area contributed by atoms with Crippen LogP contribution in [0.3, 0.4) is 0 Å². The Balaban J connectivity index is 1.16. The van der Waals surface area contributed by atoms with Crippen LogP contribution in [-0.4, -0.2) is 59.6 Å². The number of aliphatic hydroxyl groups is 1. The average molecular weight is 798 g/mol. The van der Waals surface area contributed by atoms with Crippen LogP contribution in [0, 0.1) is 5.92 Å². The molecule has 1 N–H and O–H groups in total. The number of rotatable bonds is 13. The van der Waals surface area contributed by atoms with Crippen molar-refractivity contribution in [1.29, 1.82) is 0 Å². The number of benzene rings is 4. The summed E-state index contributed by atoms with van der Waals surface area (Å²) in [5.41, 5.74) is 5.48. The number of anilines is 3. The third-order valence-electron chi connectivity index (χ3n) is 12.4. The summed E-state index contributed by atoms with van der Waals surface area (Å²) < 4.78 is 25.6. The van der Waals surface area contributed by atoms with Crippen LogP contribution in [0.25, 0.3) is 10.8 Å². The van der Waals surface area contributed by atoms with Crippen molar-refractivity contribution in [3.63, 3.8) is 0 Å². The molecular weight excluding hydrogens is 746 g/mol. The Morgan fingerprint density at radius 1 is 0.983 bits per heavy atom. The zero-order valence-electron chi connectivity index (χ0n) is 34.2. The van der Waals surface area contributed by atoms with Crippen molar-refractivity contribution in [2.75, 3.05) is 23.0 Å². The highest BCUT2D eigenvalue weighted by Gasteiger charge is 2.66. The van der Waals surface area contributed by atoms with Crippen molar-refractivity contribution in [2.24, 2.45) is 5.92 Å². The van der Waals surface area contributed by atoms with Crippen LogP contribution in [0.15, 0.2) is 114 Å². The third-order valence-corrected chi connectivity index (χ3v) is 14.9. The highest BCUT2D eigenvalue weighted by atomic mass is 28.4. The van der Waals surface area contributed by atoms with Crippen LogP contribution < -0.4 is 9.80 Å². The Morgan fingerprint density at radius 3 is 2.47 bits per heavy atom. The number of hydrogen-bond acceptors (Lipinski definition) is 6. The minimum Gasteiger partial charge on any atom is -0.395 e. The van der Waals surface area contributed by atoms with Gasteiger partial charge in [-0.25, -0.2) is 0 Å².